The Labute approximate surface area is 124 Å². The molecule has 0 atom stereocenters. The summed E-state index contributed by atoms with van der Waals surface area (Å²) in [5.41, 5.74) is 4.82. The van der Waals surface area contributed by atoms with Crippen molar-refractivity contribution in [3.63, 3.8) is 0 Å². The van der Waals surface area contributed by atoms with E-state index in [2.05, 4.69) is 15.5 Å². The molecule has 0 saturated heterocycles. The quantitative estimate of drug-likeness (QED) is 0.918. The smallest absolute Gasteiger partial charge is 0.182 e. The molecule has 0 unspecified atom stereocenters. The summed E-state index contributed by atoms with van der Waals surface area (Å²) in [7, 11) is 0. The van der Waals surface area contributed by atoms with Gasteiger partial charge >= 0.3 is 0 Å². The lowest BCUT2D eigenvalue weighted by Gasteiger charge is -2.14. The van der Waals surface area contributed by atoms with Crippen molar-refractivity contribution in [2.24, 2.45) is 10.1 Å². The topological polar surface area (TPSA) is 36.8 Å². The Morgan fingerprint density at radius 3 is 2.57 bits per heavy atom. The fourth-order valence-electron chi connectivity index (χ4n) is 1.83. The van der Waals surface area contributed by atoms with Gasteiger partial charge in [0.15, 0.2) is 11.0 Å². The second-order valence-corrected chi connectivity index (χ2v) is 5.30. The van der Waals surface area contributed by atoms with Gasteiger partial charge in [-0.3, -0.25) is 5.43 Å². The standard InChI is InChI=1S/C15H11F2N3S/c16-11-6-7-13(12(17)8-11)18-15-20-19-14(9-21-15)10-4-2-1-3-5-10/h1-8H,9H2,(H,18,20). The summed E-state index contributed by atoms with van der Waals surface area (Å²) in [5.74, 6) is -0.675. The molecule has 1 aliphatic rings. The number of rotatable bonds is 2. The molecule has 1 aliphatic heterocycles. The molecule has 0 bridgehead atoms. The van der Waals surface area contributed by atoms with Crippen molar-refractivity contribution in [1.82, 2.24) is 5.43 Å². The molecule has 0 radical (unpaired) electrons. The van der Waals surface area contributed by atoms with E-state index in [4.69, 9.17) is 0 Å². The van der Waals surface area contributed by atoms with Crippen LogP contribution in [-0.4, -0.2) is 16.6 Å². The minimum Gasteiger partial charge on any atom is -0.255 e. The van der Waals surface area contributed by atoms with Crippen LogP contribution >= 0.6 is 11.8 Å². The fraction of sp³-hybridized carbons (Fsp3) is 0.0667. The number of hydrazone groups is 1. The Morgan fingerprint density at radius 1 is 1.10 bits per heavy atom. The van der Waals surface area contributed by atoms with Crippen molar-refractivity contribution in [1.29, 1.82) is 0 Å². The van der Waals surface area contributed by atoms with E-state index in [-0.39, 0.29) is 5.69 Å². The molecule has 2 aromatic rings. The zero-order valence-electron chi connectivity index (χ0n) is 10.9. The molecule has 1 heterocycles. The molecule has 0 aliphatic carbocycles. The molecule has 21 heavy (non-hydrogen) atoms. The molecule has 0 fully saturated rings. The van der Waals surface area contributed by atoms with Crippen molar-refractivity contribution in [2.75, 3.05) is 5.75 Å². The Balaban J connectivity index is 1.79. The largest absolute Gasteiger partial charge is 0.255 e. The highest BCUT2D eigenvalue weighted by Gasteiger charge is 2.13. The molecule has 1 N–H and O–H groups in total. The van der Waals surface area contributed by atoms with Crippen molar-refractivity contribution in [2.45, 2.75) is 0 Å². The molecule has 106 valence electrons. The van der Waals surface area contributed by atoms with Crippen molar-refractivity contribution >= 4 is 28.3 Å². The third kappa shape index (κ3) is 3.28. The van der Waals surface area contributed by atoms with Crippen molar-refractivity contribution in [3.8, 4) is 0 Å². The van der Waals surface area contributed by atoms with E-state index in [1.54, 1.807) is 0 Å². The number of benzene rings is 2. The van der Waals surface area contributed by atoms with Gasteiger partial charge in [0.05, 0.1) is 5.71 Å². The van der Waals surface area contributed by atoms with Crippen LogP contribution < -0.4 is 5.43 Å². The minimum atomic E-state index is -0.692. The van der Waals surface area contributed by atoms with Crippen LogP contribution in [0.25, 0.3) is 0 Å². The number of nitrogens with one attached hydrogen (secondary N) is 1. The average Bonchev–Trinajstić information content (AvgIpc) is 2.52. The zero-order valence-corrected chi connectivity index (χ0v) is 11.7. The van der Waals surface area contributed by atoms with Gasteiger partial charge in [-0.15, -0.1) is 0 Å². The molecular formula is C15H11F2N3S. The first kappa shape index (κ1) is 13.8. The second-order valence-electron chi connectivity index (χ2n) is 4.34. The Bertz CT molecular complexity index is 714. The van der Waals surface area contributed by atoms with Gasteiger partial charge in [0.25, 0.3) is 0 Å². The van der Waals surface area contributed by atoms with Gasteiger partial charge in [-0.05, 0) is 17.7 Å². The molecule has 6 heteroatoms. The van der Waals surface area contributed by atoms with Gasteiger partial charge in [0.1, 0.15) is 11.5 Å². The summed E-state index contributed by atoms with van der Waals surface area (Å²) in [6, 6.07) is 13.1. The van der Waals surface area contributed by atoms with Crippen LogP contribution in [0.15, 0.2) is 58.6 Å². The number of aliphatic imine (C=N–C) groups is 1. The monoisotopic (exact) mass is 303 g/mol. The number of halogens is 2. The maximum atomic E-state index is 13.5. The fourth-order valence-corrected chi connectivity index (χ4v) is 2.61. The second kappa shape index (κ2) is 6.05. The Morgan fingerprint density at radius 2 is 1.90 bits per heavy atom. The minimum absolute atomic E-state index is 0.0877. The summed E-state index contributed by atoms with van der Waals surface area (Å²) in [6.07, 6.45) is 0. The number of thioether (sulfide) groups is 1. The predicted molar refractivity (Wildman–Crippen MR) is 82.0 cm³/mol. The lowest BCUT2D eigenvalue weighted by atomic mass is 10.1. The van der Waals surface area contributed by atoms with E-state index >= 15 is 0 Å². The third-order valence-corrected chi connectivity index (χ3v) is 3.74. The van der Waals surface area contributed by atoms with Gasteiger partial charge < -0.3 is 0 Å². The molecule has 0 saturated carbocycles. The number of nitrogens with zero attached hydrogens (tertiary/aromatic N) is 2. The average molecular weight is 303 g/mol. The highest BCUT2D eigenvalue weighted by molar-refractivity contribution is 8.14. The molecule has 3 rings (SSSR count). The van der Waals surface area contributed by atoms with E-state index in [9.17, 15) is 8.78 Å². The number of hydrogen-bond donors (Lipinski definition) is 1. The first-order valence-corrected chi connectivity index (χ1v) is 7.25. The van der Waals surface area contributed by atoms with Crippen LogP contribution in [0.5, 0.6) is 0 Å². The summed E-state index contributed by atoms with van der Waals surface area (Å²) < 4.78 is 26.4. The van der Waals surface area contributed by atoms with Gasteiger partial charge in [0.2, 0.25) is 0 Å². The van der Waals surface area contributed by atoms with Crippen molar-refractivity contribution in [3.05, 3.63) is 65.7 Å². The predicted octanol–water partition coefficient (Wildman–Crippen LogP) is 3.69. The van der Waals surface area contributed by atoms with E-state index < -0.39 is 11.6 Å². The molecular weight excluding hydrogens is 292 g/mol. The normalized spacial score (nSPS) is 16.5. The lowest BCUT2D eigenvalue weighted by molar-refractivity contribution is 0.585. The van der Waals surface area contributed by atoms with Crippen molar-refractivity contribution < 1.29 is 8.78 Å². The number of amidine groups is 1. The van der Waals surface area contributed by atoms with E-state index in [1.807, 2.05) is 30.3 Å². The van der Waals surface area contributed by atoms with Gasteiger partial charge in [-0.1, -0.05) is 42.1 Å². The maximum Gasteiger partial charge on any atom is 0.182 e. The van der Waals surface area contributed by atoms with Crippen LogP contribution in [0.1, 0.15) is 5.56 Å². The third-order valence-electron chi connectivity index (χ3n) is 2.87. The molecule has 2 aromatic carbocycles. The lowest BCUT2D eigenvalue weighted by Crippen LogP contribution is -2.25. The molecule has 0 aromatic heterocycles. The van der Waals surface area contributed by atoms with E-state index in [1.165, 1.54) is 23.9 Å². The van der Waals surface area contributed by atoms with E-state index in [0.717, 1.165) is 17.3 Å². The highest BCUT2D eigenvalue weighted by atomic mass is 32.2. The molecule has 0 spiro atoms. The first-order valence-electron chi connectivity index (χ1n) is 6.27. The summed E-state index contributed by atoms with van der Waals surface area (Å²) in [4.78, 5) is 4.11. The SMILES string of the molecule is Fc1ccc(N=C2NN=C(c3ccccc3)CS2)c(F)c1. The van der Waals surface area contributed by atoms with Crippen LogP contribution in [0.3, 0.4) is 0 Å². The highest BCUT2D eigenvalue weighted by Crippen LogP contribution is 2.22. The van der Waals surface area contributed by atoms with Crippen LogP contribution in [0, 0.1) is 11.6 Å². The van der Waals surface area contributed by atoms with E-state index in [0.29, 0.717) is 10.9 Å². The van der Waals surface area contributed by atoms with Crippen LogP contribution in [0.2, 0.25) is 0 Å². The summed E-state index contributed by atoms with van der Waals surface area (Å²) in [6.45, 7) is 0. The maximum absolute atomic E-state index is 13.5. The van der Waals surface area contributed by atoms with Gasteiger partial charge in [-0.2, -0.15) is 5.10 Å². The summed E-state index contributed by atoms with van der Waals surface area (Å²) in [5, 5.41) is 4.73. The van der Waals surface area contributed by atoms with Crippen LogP contribution in [0.4, 0.5) is 14.5 Å². The number of hydrogen-bond acceptors (Lipinski definition) is 3. The Kier molecular flexibility index (Phi) is 3.96. The van der Waals surface area contributed by atoms with Gasteiger partial charge in [-0.25, -0.2) is 13.8 Å². The van der Waals surface area contributed by atoms with Gasteiger partial charge in [0, 0.05) is 11.8 Å². The molecule has 0 amide bonds. The molecule has 3 nitrogen and oxygen atoms in total. The van der Waals surface area contributed by atoms with Crippen LogP contribution in [-0.2, 0) is 0 Å². The Hall–Kier alpha value is -2.21. The first-order chi connectivity index (χ1) is 10.2. The zero-order chi connectivity index (χ0) is 14.7. The summed E-state index contributed by atoms with van der Waals surface area (Å²) >= 11 is 1.42.